The van der Waals surface area contributed by atoms with Crippen LogP contribution in [0.25, 0.3) is 0 Å². The third kappa shape index (κ3) is 3.38. The SMILES string of the molecule is Cc1ccnc(C2(O)CC3CCCC(C2)N3C(=O)OC(C)(C)C)n1. The van der Waals surface area contributed by atoms with Crippen molar-refractivity contribution in [2.45, 2.75) is 83.1 Å². The molecule has 1 aromatic rings. The van der Waals surface area contributed by atoms with Crippen LogP contribution < -0.4 is 0 Å². The van der Waals surface area contributed by atoms with E-state index >= 15 is 0 Å². The fraction of sp³-hybridized carbons (Fsp3) is 0.722. The van der Waals surface area contributed by atoms with Gasteiger partial charge >= 0.3 is 6.09 Å². The van der Waals surface area contributed by atoms with Crippen LogP contribution in [-0.2, 0) is 10.3 Å². The highest BCUT2D eigenvalue weighted by Crippen LogP contribution is 2.43. The number of fused-ring (bicyclic) bond motifs is 2. The predicted molar refractivity (Wildman–Crippen MR) is 89.4 cm³/mol. The normalized spacial score (nSPS) is 30.1. The van der Waals surface area contributed by atoms with Crippen molar-refractivity contribution in [3.63, 3.8) is 0 Å². The lowest BCUT2D eigenvalue weighted by Gasteiger charge is -2.51. The number of nitrogens with zero attached hydrogens (tertiary/aromatic N) is 3. The second kappa shape index (κ2) is 5.99. The number of carbonyl (C=O) groups is 1. The van der Waals surface area contributed by atoms with Crippen molar-refractivity contribution in [3.8, 4) is 0 Å². The average Bonchev–Trinajstić information content (AvgIpc) is 2.44. The second-order valence-electron chi connectivity index (χ2n) is 8.09. The van der Waals surface area contributed by atoms with Gasteiger partial charge in [0.2, 0.25) is 0 Å². The van der Waals surface area contributed by atoms with Crippen molar-refractivity contribution >= 4 is 6.09 Å². The van der Waals surface area contributed by atoms with E-state index in [0.717, 1.165) is 25.0 Å². The van der Waals surface area contributed by atoms with Gasteiger partial charge in [0.1, 0.15) is 11.2 Å². The van der Waals surface area contributed by atoms with E-state index in [-0.39, 0.29) is 18.2 Å². The molecule has 24 heavy (non-hydrogen) atoms. The van der Waals surface area contributed by atoms with Gasteiger partial charge in [0.05, 0.1) is 0 Å². The minimum absolute atomic E-state index is 0.0264. The molecule has 6 heteroatoms. The number of piperidine rings is 2. The molecular formula is C18H27N3O3. The van der Waals surface area contributed by atoms with Crippen LogP contribution in [-0.4, -0.2) is 43.8 Å². The first-order valence-electron chi connectivity index (χ1n) is 8.72. The van der Waals surface area contributed by atoms with Gasteiger partial charge in [-0.3, -0.25) is 0 Å². The zero-order chi connectivity index (χ0) is 17.5. The fourth-order valence-electron chi connectivity index (χ4n) is 3.90. The van der Waals surface area contributed by atoms with E-state index in [9.17, 15) is 9.90 Å². The van der Waals surface area contributed by atoms with Crippen LogP contribution in [0.2, 0.25) is 0 Å². The van der Waals surface area contributed by atoms with Crippen molar-refractivity contribution in [2.24, 2.45) is 0 Å². The van der Waals surface area contributed by atoms with Crippen molar-refractivity contribution in [1.82, 2.24) is 14.9 Å². The van der Waals surface area contributed by atoms with Gasteiger partial charge in [-0.05, 0) is 53.0 Å². The summed E-state index contributed by atoms with van der Waals surface area (Å²) < 4.78 is 5.58. The predicted octanol–water partition coefficient (Wildman–Crippen LogP) is 2.92. The summed E-state index contributed by atoms with van der Waals surface area (Å²) in [5.41, 5.74) is -0.743. The van der Waals surface area contributed by atoms with Crippen molar-refractivity contribution in [3.05, 3.63) is 23.8 Å². The molecule has 0 aliphatic carbocycles. The zero-order valence-electron chi connectivity index (χ0n) is 15.0. The molecule has 6 nitrogen and oxygen atoms in total. The van der Waals surface area contributed by atoms with Gasteiger partial charge in [0.25, 0.3) is 0 Å². The van der Waals surface area contributed by atoms with Crippen molar-refractivity contribution in [1.29, 1.82) is 0 Å². The summed E-state index contributed by atoms with van der Waals surface area (Å²) in [6, 6.07) is 1.77. The Morgan fingerprint density at radius 3 is 2.50 bits per heavy atom. The van der Waals surface area contributed by atoms with Crippen LogP contribution >= 0.6 is 0 Å². The van der Waals surface area contributed by atoms with E-state index in [1.54, 1.807) is 6.20 Å². The molecule has 0 aromatic carbocycles. The fourth-order valence-corrected chi connectivity index (χ4v) is 3.90. The molecule has 2 aliphatic rings. The van der Waals surface area contributed by atoms with Gasteiger partial charge in [0.15, 0.2) is 5.82 Å². The Bertz CT molecular complexity index is 612. The molecule has 2 unspecified atom stereocenters. The Hall–Kier alpha value is -1.69. The lowest BCUT2D eigenvalue weighted by Crippen LogP contribution is -2.59. The molecule has 2 bridgehead atoms. The number of carbonyl (C=O) groups excluding carboxylic acids is 1. The summed E-state index contributed by atoms with van der Waals surface area (Å²) in [7, 11) is 0. The van der Waals surface area contributed by atoms with Crippen LogP contribution in [0.1, 0.15) is 64.4 Å². The quantitative estimate of drug-likeness (QED) is 0.855. The van der Waals surface area contributed by atoms with Gasteiger partial charge < -0.3 is 14.7 Å². The average molecular weight is 333 g/mol. The Morgan fingerprint density at radius 2 is 1.96 bits per heavy atom. The number of ether oxygens (including phenoxy) is 1. The van der Waals surface area contributed by atoms with Gasteiger partial charge in [-0.15, -0.1) is 0 Å². The van der Waals surface area contributed by atoms with Gasteiger partial charge in [-0.1, -0.05) is 0 Å². The molecule has 0 radical (unpaired) electrons. The van der Waals surface area contributed by atoms with Gasteiger partial charge in [0, 0.05) is 36.8 Å². The number of hydrogen-bond donors (Lipinski definition) is 1. The Morgan fingerprint density at radius 1 is 1.33 bits per heavy atom. The maximum absolute atomic E-state index is 12.6. The Balaban J connectivity index is 1.84. The molecule has 1 aromatic heterocycles. The molecule has 2 atom stereocenters. The van der Waals surface area contributed by atoms with Crippen LogP contribution in [0.4, 0.5) is 4.79 Å². The lowest BCUT2D eigenvalue weighted by atomic mass is 9.75. The number of aryl methyl sites for hydroxylation is 1. The molecule has 1 N–H and O–H groups in total. The highest BCUT2D eigenvalue weighted by atomic mass is 16.6. The molecule has 132 valence electrons. The standard InChI is InChI=1S/C18H27N3O3/c1-12-8-9-19-15(20-12)18(23)10-13-6-5-7-14(11-18)21(13)16(22)24-17(2,3)4/h8-9,13-14,23H,5-7,10-11H2,1-4H3. The summed E-state index contributed by atoms with van der Waals surface area (Å²) in [5, 5.41) is 11.2. The summed E-state index contributed by atoms with van der Waals surface area (Å²) in [4.78, 5) is 23.2. The minimum Gasteiger partial charge on any atom is -0.444 e. The van der Waals surface area contributed by atoms with Crippen molar-refractivity contribution < 1.29 is 14.6 Å². The van der Waals surface area contributed by atoms with E-state index in [2.05, 4.69) is 9.97 Å². The van der Waals surface area contributed by atoms with E-state index in [1.165, 1.54) is 0 Å². The van der Waals surface area contributed by atoms with E-state index in [4.69, 9.17) is 4.74 Å². The van der Waals surface area contributed by atoms with Crippen LogP contribution in [0, 0.1) is 6.92 Å². The summed E-state index contributed by atoms with van der Waals surface area (Å²) >= 11 is 0. The highest BCUT2D eigenvalue weighted by Gasteiger charge is 2.50. The van der Waals surface area contributed by atoms with E-state index < -0.39 is 11.2 Å². The topological polar surface area (TPSA) is 75.6 Å². The molecular weight excluding hydrogens is 306 g/mol. The Labute approximate surface area is 143 Å². The molecule has 1 amide bonds. The number of hydrogen-bond acceptors (Lipinski definition) is 5. The smallest absolute Gasteiger partial charge is 0.410 e. The van der Waals surface area contributed by atoms with Gasteiger partial charge in [-0.25, -0.2) is 14.8 Å². The molecule has 2 saturated heterocycles. The largest absolute Gasteiger partial charge is 0.444 e. The molecule has 0 saturated carbocycles. The van der Waals surface area contributed by atoms with E-state index in [1.807, 2.05) is 38.7 Å². The summed E-state index contributed by atoms with van der Waals surface area (Å²) in [6.45, 7) is 7.52. The first kappa shape index (κ1) is 17.1. The molecule has 0 spiro atoms. The van der Waals surface area contributed by atoms with Crippen LogP contribution in [0.5, 0.6) is 0 Å². The number of aliphatic hydroxyl groups is 1. The molecule has 2 fully saturated rings. The van der Waals surface area contributed by atoms with E-state index in [0.29, 0.717) is 18.7 Å². The maximum atomic E-state index is 12.6. The third-order valence-electron chi connectivity index (χ3n) is 4.82. The number of rotatable bonds is 1. The van der Waals surface area contributed by atoms with Gasteiger partial charge in [-0.2, -0.15) is 0 Å². The summed E-state index contributed by atoms with van der Waals surface area (Å²) in [5.74, 6) is 0.475. The van der Waals surface area contributed by atoms with Crippen molar-refractivity contribution in [2.75, 3.05) is 0 Å². The van der Waals surface area contributed by atoms with Crippen LogP contribution in [0.3, 0.4) is 0 Å². The summed E-state index contributed by atoms with van der Waals surface area (Å²) in [6.07, 6.45) is 5.17. The van der Waals surface area contributed by atoms with Crippen LogP contribution in [0.15, 0.2) is 12.3 Å². The zero-order valence-corrected chi connectivity index (χ0v) is 15.0. The molecule has 3 heterocycles. The minimum atomic E-state index is -1.07. The maximum Gasteiger partial charge on any atom is 0.410 e. The lowest BCUT2D eigenvalue weighted by molar-refractivity contribution is -0.101. The number of amides is 1. The molecule has 2 aliphatic heterocycles. The Kier molecular flexibility index (Phi) is 4.28. The number of aromatic nitrogens is 2. The second-order valence-corrected chi connectivity index (χ2v) is 8.09. The first-order valence-corrected chi connectivity index (χ1v) is 8.72. The monoisotopic (exact) mass is 333 g/mol. The third-order valence-corrected chi connectivity index (χ3v) is 4.82. The highest BCUT2D eigenvalue weighted by molar-refractivity contribution is 5.69. The first-order chi connectivity index (χ1) is 11.2. The molecule has 3 rings (SSSR count).